The van der Waals surface area contributed by atoms with Gasteiger partial charge in [0.2, 0.25) is 0 Å². The number of aromatic nitrogens is 2. The predicted molar refractivity (Wildman–Crippen MR) is 61.1 cm³/mol. The molecule has 8 heteroatoms. The first-order valence-electron chi connectivity index (χ1n) is 4.89. The zero-order valence-corrected chi connectivity index (χ0v) is 9.48. The van der Waals surface area contributed by atoms with Crippen LogP contribution in [0.5, 0.6) is 0 Å². The highest BCUT2D eigenvalue weighted by Gasteiger charge is 2.15. The number of carbonyl (C=O) groups is 1. The van der Waals surface area contributed by atoms with Gasteiger partial charge in [0.25, 0.3) is 0 Å². The Morgan fingerprint density at radius 1 is 1.00 bits per heavy atom. The summed E-state index contributed by atoms with van der Waals surface area (Å²) in [5, 5.41) is 0. The number of benzene rings is 1. The quantitative estimate of drug-likeness (QED) is 0.770. The fourth-order valence-electron chi connectivity index (χ4n) is 1.14. The second kappa shape index (κ2) is 6.34. The summed E-state index contributed by atoms with van der Waals surface area (Å²) in [6, 6.07) is 2.65. The molecule has 0 radical (unpaired) electrons. The Labute approximate surface area is 106 Å². The third-order valence-corrected chi connectivity index (χ3v) is 1.84. The standard InChI is InChI=1S/C10H5F3N2.CH4N2O/c11-7-3-2-6(8(12)9(7)13)10-14-4-1-5-15-10;2-1(3)4/h1-5H;(H4,2,3,4). The third kappa shape index (κ3) is 3.95. The molecule has 2 aromatic rings. The Morgan fingerprint density at radius 3 is 2.05 bits per heavy atom. The monoisotopic (exact) mass is 270 g/mol. The number of primary amides is 2. The van der Waals surface area contributed by atoms with Crippen LogP contribution in [0.2, 0.25) is 0 Å². The van der Waals surface area contributed by atoms with E-state index in [0.717, 1.165) is 12.1 Å². The van der Waals surface area contributed by atoms with Crippen molar-refractivity contribution in [2.45, 2.75) is 0 Å². The van der Waals surface area contributed by atoms with E-state index in [-0.39, 0.29) is 11.4 Å². The zero-order chi connectivity index (χ0) is 14.4. The van der Waals surface area contributed by atoms with E-state index in [1.54, 1.807) is 6.07 Å². The normalized spacial score (nSPS) is 9.42. The van der Waals surface area contributed by atoms with Crippen LogP contribution in [-0.2, 0) is 0 Å². The summed E-state index contributed by atoms with van der Waals surface area (Å²) >= 11 is 0. The first-order chi connectivity index (χ1) is 8.93. The van der Waals surface area contributed by atoms with Crippen molar-refractivity contribution in [2.75, 3.05) is 0 Å². The molecule has 0 atom stereocenters. The van der Waals surface area contributed by atoms with Crippen molar-refractivity contribution in [3.8, 4) is 11.4 Å². The molecule has 0 saturated heterocycles. The molecule has 0 fully saturated rings. The van der Waals surface area contributed by atoms with Gasteiger partial charge in [-0.25, -0.2) is 27.9 Å². The van der Waals surface area contributed by atoms with Gasteiger partial charge in [-0.15, -0.1) is 0 Å². The Hall–Kier alpha value is -2.64. The third-order valence-electron chi connectivity index (χ3n) is 1.84. The lowest BCUT2D eigenvalue weighted by Gasteiger charge is -2.02. The van der Waals surface area contributed by atoms with E-state index >= 15 is 0 Å². The summed E-state index contributed by atoms with van der Waals surface area (Å²) in [6.07, 6.45) is 2.78. The average Bonchev–Trinajstić information content (AvgIpc) is 2.37. The van der Waals surface area contributed by atoms with Crippen LogP contribution in [0.25, 0.3) is 11.4 Å². The molecule has 5 nitrogen and oxygen atoms in total. The van der Waals surface area contributed by atoms with Gasteiger partial charge in [0.05, 0.1) is 5.56 Å². The van der Waals surface area contributed by atoms with Crippen LogP contribution >= 0.6 is 0 Å². The van der Waals surface area contributed by atoms with Gasteiger partial charge in [0.1, 0.15) is 0 Å². The fourth-order valence-corrected chi connectivity index (χ4v) is 1.14. The van der Waals surface area contributed by atoms with Crippen molar-refractivity contribution in [1.82, 2.24) is 9.97 Å². The van der Waals surface area contributed by atoms with E-state index in [2.05, 4.69) is 21.4 Å². The molecule has 0 unspecified atom stereocenters. The largest absolute Gasteiger partial charge is 0.352 e. The maximum Gasteiger partial charge on any atom is 0.309 e. The maximum absolute atomic E-state index is 13.3. The van der Waals surface area contributed by atoms with Gasteiger partial charge >= 0.3 is 6.03 Å². The SMILES string of the molecule is Fc1ccc(-c2ncccn2)c(F)c1F.NC(N)=O. The molecular weight excluding hydrogens is 261 g/mol. The minimum atomic E-state index is -1.51. The molecular formula is C11H9F3N4O. The lowest BCUT2D eigenvalue weighted by atomic mass is 10.2. The summed E-state index contributed by atoms with van der Waals surface area (Å²) < 4.78 is 38.7. The highest BCUT2D eigenvalue weighted by molar-refractivity contribution is 5.69. The lowest BCUT2D eigenvalue weighted by molar-refractivity contribution is 0.256. The van der Waals surface area contributed by atoms with Crippen LogP contribution in [0.4, 0.5) is 18.0 Å². The molecule has 1 aromatic carbocycles. The number of nitrogens with two attached hydrogens (primary N) is 2. The molecule has 1 aromatic heterocycles. The summed E-state index contributed by atoms with van der Waals surface area (Å²) in [4.78, 5) is 16.5. The molecule has 0 saturated carbocycles. The molecule has 1 heterocycles. The number of hydrogen-bond acceptors (Lipinski definition) is 3. The molecule has 19 heavy (non-hydrogen) atoms. The first-order valence-corrected chi connectivity index (χ1v) is 4.89. The van der Waals surface area contributed by atoms with Crippen LogP contribution < -0.4 is 11.5 Å². The van der Waals surface area contributed by atoms with E-state index in [1.165, 1.54) is 12.4 Å². The van der Waals surface area contributed by atoms with Crippen molar-refractivity contribution >= 4 is 6.03 Å². The van der Waals surface area contributed by atoms with Crippen molar-refractivity contribution in [3.63, 3.8) is 0 Å². The topological polar surface area (TPSA) is 94.9 Å². The van der Waals surface area contributed by atoms with Crippen molar-refractivity contribution in [1.29, 1.82) is 0 Å². The molecule has 4 N–H and O–H groups in total. The second-order valence-electron chi connectivity index (χ2n) is 3.20. The minimum absolute atomic E-state index is 0.0221. The van der Waals surface area contributed by atoms with Gasteiger partial charge in [-0.3, -0.25) is 0 Å². The van der Waals surface area contributed by atoms with Crippen molar-refractivity contribution in [3.05, 3.63) is 48.0 Å². The van der Waals surface area contributed by atoms with Crippen molar-refractivity contribution < 1.29 is 18.0 Å². The molecule has 2 rings (SSSR count). The van der Waals surface area contributed by atoms with E-state index in [4.69, 9.17) is 4.79 Å². The van der Waals surface area contributed by atoms with Gasteiger partial charge < -0.3 is 11.5 Å². The van der Waals surface area contributed by atoms with E-state index < -0.39 is 23.5 Å². The molecule has 0 aliphatic carbocycles. The van der Waals surface area contributed by atoms with Gasteiger partial charge in [0, 0.05) is 12.4 Å². The number of rotatable bonds is 1. The van der Waals surface area contributed by atoms with Gasteiger partial charge in [-0.1, -0.05) is 0 Å². The molecule has 0 bridgehead atoms. The van der Waals surface area contributed by atoms with Gasteiger partial charge in [-0.05, 0) is 18.2 Å². The number of urea groups is 1. The summed E-state index contributed by atoms with van der Waals surface area (Å²) in [5.74, 6) is -4.00. The molecule has 2 amide bonds. The smallest absolute Gasteiger partial charge is 0.309 e. The van der Waals surface area contributed by atoms with Crippen LogP contribution in [0.3, 0.4) is 0 Å². The van der Waals surface area contributed by atoms with Crippen LogP contribution in [-0.4, -0.2) is 16.0 Å². The summed E-state index contributed by atoms with van der Waals surface area (Å²) in [7, 11) is 0. The average molecular weight is 270 g/mol. The van der Waals surface area contributed by atoms with Crippen LogP contribution in [0.15, 0.2) is 30.6 Å². The number of carbonyl (C=O) groups excluding carboxylic acids is 1. The van der Waals surface area contributed by atoms with E-state index in [9.17, 15) is 13.2 Å². The highest BCUT2D eigenvalue weighted by Crippen LogP contribution is 2.22. The maximum atomic E-state index is 13.3. The molecule has 0 aliphatic heterocycles. The van der Waals surface area contributed by atoms with Gasteiger partial charge in [-0.2, -0.15) is 0 Å². The number of halogens is 3. The number of nitrogens with zero attached hydrogens (tertiary/aromatic N) is 2. The predicted octanol–water partition coefficient (Wildman–Crippen LogP) is 1.58. The Morgan fingerprint density at radius 2 is 1.53 bits per heavy atom. The summed E-state index contributed by atoms with van der Waals surface area (Å²) in [5.41, 5.74) is 8.34. The number of amides is 2. The fraction of sp³-hybridized carbons (Fsp3) is 0. The van der Waals surface area contributed by atoms with Crippen LogP contribution in [0, 0.1) is 17.5 Å². The number of hydrogen-bond donors (Lipinski definition) is 2. The van der Waals surface area contributed by atoms with Gasteiger partial charge in [0.15, 0.2) is 23.3 Å². The molecule has 0 spiro atoms. The van der Waals surface area contributed by atoms with Crippen molar-refractivity contribution in [2.24, 2.45) is 11.5 Å². The summed E-state index contributed by atoms with van der Waals surface area (Å²) in [6.45, 7) is 0. The van der Waals surface area contributed by atoms with Crippen LogP contribution in [0.1, 0.15) is 0 Å². The van der Waals surface area contributed by atoms with E-state index in [0.29, 0.717) is 0 Å². The lowest BCUT2D eigenvalue weighted by Crippen LogP contribution is -2.18. The molecule has 0 aliphatic rings. The first kappa shape index (κ1) is 14.4. The Balaban J connectivity index is 0.000000399. The Kier molecular flexibility index (Phi) is 4.81. The Bertz CT molecular complexity index is 574. The molecule has 100 valence electrons. The zero-order valence-electron chi connectivity index (χ0n) is 9.48. The highest BCUT2D eigenvalue weighted by atomic mass is 19.2. The minimum Gasteiger partial charge on any atom is -0.352 e. The van der Waals surface area contributed by atoms with E-state index in [1.807, 2.05) is 0 Å². The second-order valence-corrected chi connectivity index (χ2v) is 3.20.